The lowest BCUT2D eigenvalue weighted by Crippen LogP contribution is -2.47. The largest absolute Gasteiger partial charge is 0.493 e. The summed E-state index contributed by atoms with van der Waals surface area (Å²) in [6.45, 7) is 4.71. The number of piperidine rings is 1. The first kappa shape index (κ1) is 18.1. The normalized spacial score (nSPS) is 15.9. The molecule has 0 bridgehead atoms. The van der Waals surface area contributed by atoms with E-state index >= 15 is 0 Å². The Bertz CT molecular complexity index is 618. The van der Waals surface area contributed by atoms with Crippen molar-refractivity contribution in [2.45, 2.75) is 32.1 Å². The van der Waals surface area contributed by atoms with E-state index < -0.39 is 11.4 Å². The molecule has 1 aromatic carbocycles. The van der Waals surface area contributed by atoms with E-state index in [4.69, 9.17) is 14.6 Å². The lowest BCUT2D eigenvalue weighted by Gasteiger charge is -2.36. The molecular formula is C18H25NO5. The van der Waals surface area contributed by atoms with Crippen LogP contribution in [0.3, 0.4) is 0 Å². The molecule has 1 aliphatic rings. The summed E-state index contributed by atoms with van der Waals surface area (Å²) in [7, 11) is 3.13. The molecule has 0 atom stereocenters. The average molecular weight is 335 g/mol. The number of hydrogen-bond donors (Lipinski definition) is 1. The molecule has 1 fully saturated rings. The fourth-order valence-corrected chi connectivity index (χ4v) is 3.07. The second-order valence-electron chi connectivity index (χ2n) is 6.60. The quantitative estimate of drug-likeness (QED) is 0.893. The van der Waals surface area contributed by atoms with Crippen molar-refractivity contribution in [3.05, 3.63) is 23.8 Å². The molecular weight excluding hydrogens is 310 g/mol. The van der Waals surface area contributed by atoms with Crippen LogP contribution >= 0.6 is 0 Å². The zero-order valence-corrected chi connectivity index (χ0v) is 14.7. The predicted molar refractivity (Wildman–Crippen MR) is 89.5 cm³/mol. The molecule has 0 unspecified atom stereocenters. The van der Waals surface area contributed by atoms with Gasteiger partial charge in [-0.25, -0.2) is 0 Å². The number of rotatable bonds is 5. The van der Waals surface area contributed by atoms with Gasteiger partial charge in [0.1, 0.15) is 0 Å². The third kappa shape index (κ3) is 3.47. The van der Waals surface area contributed by atoms with Gasteiger partial charge in [-0.05, 0) is 44.4 Å². The van der Waals surface area contributed by atoms with Crippen LogP contribution in [0.25, 0.3) is 0 Å². The minimum Gasteiger partial charge on any atom is -0.493 e. The van der Waals surface area contributed by atoms with Crippen LogP contribution in [-0.2, 0) is 15.0 Å². The number of benzene rings is 1. The number of carboxylic acid groups (broad SMARTS) is 1. The molecule has 1 aromatic rings. The van der Waals surface area contributed by atoms with Gasteiger partial charge < -0.3 is 19.5 Å². The Hall–Kier alpha value is -2.24. The molecule has 0 radical (unpaired) electrons. The van der Waals surface area contributed by atoms with Crippen LogP contribution in [0.2, 0.25) is 0 Å². The van der Waals surface area contributed by atoms with E-state index in [1.54, 1.807) is 25.2 Å². The Balaban J connectivity index is 2.17. The Morgan fingerprint density at radius 1 is 1.12 bits per heavy atom. The van der Waals surface area contributed by atoms with Crippen molar-refractivity contribution in [1.82, 2.24) is 4.90 Å². The fraction of sp³-hybridized carbons (Fsp3) is 0.556. The van der Waals surface area contributed by atoms with Gasteiger partial charge in [0.15, 0.2) is 11.5 Å². The first-order valence-corrected chi connectivity index (χ1v) is 8.06. The highest BCUT2D eigenvalue weighted by molar-refractivity contribution is 5.88. The van der Waals surface area contributed by atoms with Crippen LogP contribution in [0.1, 0.15) is 32.3 Å². The van der Waals surface area contributed by atoms with Crippen molar-refractivity contribution in [3.8, 4) is 11.5 Å². The Morgan fingerprint density at radius 2 is 1.71 bits per heavy atom. The zero-order chi connectivity index (χ0) is 17.9. The summed E-state index contributed by atoms with van der Waals surface area (Å²) in [5, 5.41) is 9.08. The smallest absolute Gasteiger partial charge is 0.306 e. The van der Waals surface area contributed by atoms with E-state index in [-0.39, 0.29) is 11.8 Å². The van der Waals surface area contributed by atoms with Crippen LogP contribution < -0.4 is 9.47 Å². The molecule has 1 aliphatic heterocycles. The number of methoxy groups -OCH3 is 2. The standard InChI is InChI=1S/C18H25NO5/c1-18(2,13-5-6-14(23-3)15(11-13)24-4)17(22)19-9-7-12(8-10-19)16(20)21/h5-6,11-12H,7-10H2,1-4H3,(H,20,21). The van der Waals surface area contributed by atoms with Crippen molar-refractivity contribution < 1.29 is 24.2 Å². The highest BCUT2D eigenvalue weighted by atomic mass is 16.5. The van der Waals surface area contributed by atoms with Gasteiger partial charge in [-0.3, -0.25) is 9.59 Å². The number of amides is 1. The number of hydrogen-bond acceptors (Lipinski definition) is 4. The topological polar surface area (TPSA) is 76.1 Å². The molecule has 0 saturated carbocycles. The van der Waals surface area contributed by atoms with Gasteiger partial charge in [0.25, 0.3) is 0 Å². The van der Waals surface area contributed by atoms with Crippen LogP contribution in [-0.4, -0.2) is 49.2 Å². The van der Waals surface area contributed by atoms with E-state index in [1.807, 2.05) is 26.0 Å². The molecule has 1 saturated heterocycles. The lowest BCUT2D eigenvalue weighted by molar-refractivity contribution is -0.147. The van der Waals surface area contributed by atoms with Gasteiger partial charge in [0.05, 0.1) is 25.6 Å². The summed E-state index contributed by atoms with van der Waals surface area (Å²) < 4.78 is 10.6. The second-order valence-corrected chi connectivity index (χ2v) is 6.60. The van der Waals surface area contributed by atoms with Crippen molar-refractivity contribution in [2.24, 2.45) is 5.92 Å². The minimum absolute atomic E-state index is 0.00133. The SMILES string of the molecule is COc1ccc(C(C)(C)C(=O)N2CCC(C(=O)O)CC2)cc1OC. The van der Waals surface area contributed by atoms with Crippen LogP contribution in [0.4, 0.5) is 0 Å². The number of likely N-dealkylation sites (tertiary alicyclic amines) is 1. The maximum Gasteiger partial charge on any atom is 0.306 e. The molecule has 132 valence electrons. The molecule has 0 aliphatic carbocycles. The number of nitrogens with zero attached hydrogens (tertiary/aromatic N) is 1. The number of ether oxygens (including phenoxy) is 2. The van der Waals surface area contributed by atoms with Crippen molar-refractivity contribution in [2.75, 3.05) is 27.3 Å². The Morgan fingerprint density at radius 3 is 2.21 bits per heavy atom. The van der Waals surface area contributed by atoms with E-state index in [0.29, 0.717) is 37.4 Å². The molecule has 0 spiro atoms. The van der Waals surface area contributed by atoms with Gasteiger partial charge >= 0.3 is 5.97 Å². The summed E-state index contributed by atoms with van der Waals surface area (Å²) in [5.41, 5.74) is 0.112. The van der Waals surface area contributed by atoms with Crippen LogP contribution in [0.5, 0.6) is 11.5 Å². The number of carbonyl (C=O) groups excluding carboxylic acids is 1. The summed E-state index contributed by atoms with van der Waals surface area (Å²) in [6, 6.07) is 5.48. The summed E-state index contributed by atoms with van der Waals surface area (Å²) in [4.78, 5) is 25.8. The predicted octanol–water partition coefficient (Wildman–Crippen LogP) is 2.30. The molecule has 1 N–H and O–H groups in total. The second kappa shape index (κ2) is 7.11. The zero-order valence-electron chi connectivity index (χ0n) is 14.7. The van der Waals surface area contributed by atoms with Crippen LogP contribution in [0.15, 0.2) is 18.2 Å². The number of aliphatic carboxylic acids is 1. The highest BCUT2D eigenvalue weighted by Crippen LogP contribution is 2.35. The molecule has 6 nitrogen and oxygen atoms in total. The summed E-state index contributed by atoms with van der Waals surface area (Å²) in [6.07, 6.45) is 1.01. The van der Waals surface area contributed by atoms with Gasteiger partial charge in [-0.2, -0.15) is 0 Å². The van der Waals surface area contributed by atoms with E-state index in [9.17, 15) is 9.59 Å². The van der Waals surface area contributed by atoms with Gasteiger partial charge in [-0.15, -0.1) is 0 Å². The Labute approximate surface area is 142 Å². The highest BCUT2D eigenvalue weighted by Gasteiger charge is 2.37. The first-order valence-electron chi connectivity index (χ1n) is 8.06. The van der Waals surface area contributed by atoms with Gasteiger partial charge in [-0.1, -0.05) is 6.07 Å². The van der Waals surface area contributed by atoms with E-state index in [0.717, 1.165) is 5.56 Å². The number of carbonyl (C=O) groups is 2. The molecule has 0 aromatic heterocycles. The molecule has 2 rings (SSSR count). The average Bonchev–Trinajstić information content (AvgIpc) is 2.60. The molecule has 1 heterocycles. The monoisotopic (exact) mass is 335 g/mol. The summed E-state index contributed by atoms with van der Waals surface area (Å²) >= 11 is 0. The minimum atomic E-state index is -0.777. The van der Waals surface area contributed by atoms with Gasteiger partial charge in [0.2, 0.25) is 5.91 Å². The molecule has 6 heteroatoms. The van der Waals surface area contributed by atoms with Crippen molar-refractivity contribution in [3.63, 3.8) is 0 Å². The lowest BCUT2D eigenvalue weighted by atomic mass is 9.82. The van der Waals surface area contributed by atoms with E-state index in [1.165, 1.54) is 0 Å². The maximum atomic E-state index is 13.0. The molecule has 1 amide bonds. The first-order chi connectivity index (χ1) is 11.3. The third-order valence-electron chi connectivity index (χ3n) is 4.77. The number of carboxylic acids is 1. The van der Waals surface area contributed by atoms with Gasteiger partial charge in [0, 0.05) is 13.1 Å². The maximum absolute atomic E-state index is 13.0. The van der Waals surface area contributed by atoms with Crippen molar-refractivity contribution in [1.29, 1.82) is 0 Å². The molecule has 24 heavy (non-hydrogen) atoms. The van der Waals surface area contributed by atoms with Crippen molar-refractivity contribution >= 4 is 11.9 Å². The van der Waals surface area contributed by atoms with E-state index in [2.05, 4.69) is 0 Å². The fourth-order valence-electron chi connectivity index (χ4n) is 3.07. The third-order valence-corrected chi connectivity index (χ3v) is 4.77. The van der Waals surface area contributed by atoms with Crippen LogP contribution in [0, 0.1) is 5.92 Å². The summed E-state index contributed by atoms with van der Waals surface area (Å²) in [5.74, 6) is 0.0743. The Kier molecular flexibility index (Phi) is 5.36.